The minimum absolute atomic E-state index is 0.263. The van der Waals surface area contributed by atoms with E-state index in [2.05, 4.69) is 12.2 Å². The largest absolute Gasteiger partial charge is 0.462 e. The third-order valence-corrected chi connectivity index (χ3v) is 5.97. The number of thiophene rings is 1. The molecule has 1 aromatic heterocycles. The Kier molecular flexibility index (Phi) is 7.41. The van der Waals surface area contributed by atoms with Gasteiger partial charge in [-0.3, -0.25) is 4.79 Å². The average molecular weight is 428 g/mol. The number of nitrogens with one attached hydrogen (secondary N) is 1. The number of fused-ring (bicyclic) bond motifs is 1. The van der Waals surface area contributed by atoms with Gasteiger partial charge in [-0.1, -0.05) is 37.3 Å². The standard InChI is InChI=1S/C23H25NO5S/c1-3-28-23(27)21-17-11-9-15(2)13-18(17)30-22(21)24-19(25)14-29-20(26)12-10-16-7-5-4-6-8-16/h4-8,10,12,15H,3,9,11,13-14H2,1-2H3,(H,24,25)/b12-10+. The normalized spacial score (nSPS) is 15.5. The van der Waals surface area contributed by atoms with Gasteiger partial charge in [0.2, 0.25) is 0 Å². The highest BCUT2D eigenvalue weighted by atomic mass is 32.1. The molecular formula is C23H25NO5S. The molecule has 7 heteroatoms. The highest BCUT2D eigenvalue weighted by Crippen LogP contribution is 2.40. The first-order chi connectivity index (χ1) is 14.5. The van der Waals surface area contributed by atoms with E-state index in [9.17, 15) is 14.4 Å². The predicted molar refractivity (Wildman–Crippen MR) is 117 cm³/mol. The molecule has 1 aliphatic rings. The smallest absolute Gasteiger partial charge is 0.341 e. The molecular weight excluding hydrogens is 402 g/mol. The van der Waals surface area contributed by atoms with Crippen LogP contribution in [-0.2, 0) is 31.9 Å². The van der Waals surface area contributed by atoms with Gasteiger partial charge in [-0.25, -0.2) is 9.59 Å². The average Bonchev–Trinajstić information content (AvgIpc) is 3.08. The van der Waals surface area contributed by atoms with Crippen LogP contribution < -0.4 is 5.32 Å². The van der Waals surface area contributed by atoms with Gasteiger partial charge in [0.05, 0.1) is 12.2 Å². The Balaban J connectivity index is 1.63. The number of carbonyl (C=O) groups excluding carboxylic acids is 3. The maximum atomic E-state index is 12.5. The quantitative estimate of drug-likeness (QED) is 0.528. The van der Waals surface area contributed by atoms with Crippen molar-refractivity contribution < 1.29 is 23.9 Å². The number of hydrogen-bond donors (Lipinski definition) is 1. The van der Waals surface area contributed by atoms with Gasteiger partial charge in [-0.2, -0.15) is 0 Å². The fourth-order valence-electron chi connectivity index (χ4n) is 3.33. The van der Waals surface area contributed by atoms with E-state index in [0.29, 0.717) is 16.5 Å². The molecule has 1 N–H and O–H groups in total. The molecule has 0 fully saturated rings. The third kappa shape index (κ3) is 5.57. The fourth-order valence-corrected chi connectivity index (χ4v) is 4.75. The lowest BCUT2D eigenvalue weighted by molar-refractivity contribution is -0.142. The second-order valence-electron chi connectivity index (χ2n) is 7.18. The van der Waals surface area contributed by atoms with E-state index in [0.717, 1.165) is 35.3 Å². The molecule has 0 aliphatic heterocycles. The van der Waals surface area contributed by atoms with Crippen LogP contribution in [0.3, 0.4) is 0 Å². The zero-order chi connectivity index (χ0) is 21.5. The molecule has 1 heterocycles. The molecule has 1 aliphatic carbocycles. The number of carbonyl (C=O) groups is 3. The second kappa shape index (κ2) is 10.2. The number of esters is 2. The van der Waals surface area contributed by atoms with Gasteiger partial charge in [-0.15, -0.1) is 11.3 Å². The van der Waals surface area contributed by atoms with E-state index >= 15 is 0 Å². The summed E-state index contributed by atoms with van der Waals surface area (Å²) in [6, 6.07) is 9.31. The van der Waals surface area contributed by atoms with E-state index in [1.807, 2.05) is 30.3 Å². The number of benzene rings is 1. The Morgan fingerprint density at radius 3 is 2.70 bits per heavy atom. The Bertz CT molecular complexity index is 948. The topological polar surface area (TPSA) is 81.7 Å². The van der Waals surface area contributed by atoms with Gasteiger partial charge < -0.3 is 14.8 Å². The lowest BCUT2D eigenvalue weighted by Gasteiger charge is -2.18. The van der Waals surface area contributed by atoms with Gasteiger partial charge in [0.1, 0.15) is 5.00 Å². The van der Waals surface area contributed by atoms with Crippen molar-refractivity contribution >= 4 is 40.3 Å². The molecule has 0 radical (unpaired) electrons. The minimum atomic E-state index is -0.612. The van der Waals surface area contributed by atoms with Crippen molar-refractivity contribution in [1.82, 2.24) is 0 Å². The molecule has 30 heavy (non-hydrogen) atoms. The first-order valence-corrected chi connectivity index (χ1v) is 10.8. The monoisotopic (exact) mass is 427 g/mol. The van der Waals surface area contributed by atoms with Crippen LogP contribution in [0.2, 0.25) is 0 Å². The first-order valence-electron chi connectivity index (χ1n) is 9.99. The molecule has 1 atom stereocenters. The summed E-state index contributed by atoms with van der Waals surface area (Å²) in [7, 11) is 0. The van der Waals surface area contributed by atoms with Gasteiger partial charge in [0.25, 0.3) is 5.91 Å². The molecule has 0 bridgehead atoms. The molecule has 0 saturated heterocycles. The Labute approximate surface area is 179 Å². The molecule has 0 saturated carbocycles. The van der Waals surface area contributed by atoms with E-state index in [-0.39, 0.29) is 6.61 Å². The number of ether oxygens (including phenoxy) is 2. The molecule has 3 rings (SSSR count). The van der Waals surface area contributed by atoms with Crippen molar-refractivity contribution in [2.24, 2.45) is 5.92 Å². The van der Waals surface area contributed by atoms with Crippen LogP contribution in [0.4, 0.5) is 5.00 Å². The summed E-state index contributed by atoms with van der Waals surface area (Å²) in [5, 5.41) is 3.19. The van der Waals surface area contributed by atoms with Crippen LogP contribution in [-0.4, -0.2) is 31.1 Å². The summed E-state index contributed by atoms with van der Waals surface area (Å²) >= 11 is 1.40. The Morgan fingerprint density at radius 1 is 1.20 bits per heavy atom. The predicted octanol–water partition coefficient (Wildman–Crippen LogP) is 4.24. The van der Waals surface area contributed by atoms with E-state index in [4.69, 9.17) is 9.47 Å². The lowest BCUT2D eigenvalue weighted by atomic mass is 9.88. The van der Waals surface area contributed by atoms with Gasteiger partial charge in [0.15, 0.2) is 6.61 Å². The van der Waals surface area contributed by atoms with Crippen LogP contribution in [0.5, 0.6) is 0 Å². The van der Waals surface area contributed by atoms with Crippen molar-refractivity contribution in [2.45, 2.75) is 33.1 Å². The highest BCUT2D eigenvalue weighted by Gasteiger charge is 2.29. The summed E-state index contributed by atoms with van der Waals surface area (Å²) in [5.41, 5.74) is 2.26. The summed E-state index contributed by atoms with van der Waals surface area (Å²) in [5.74, 6) is -0.998. The fraction of sp³-hybridized carbons (Fsp3) is 0.348. The summed E-state index contributed by atoms with van der Waals surface area (Å²) in [6.45, 7) is 3.75. The van der Waals surface area contributed by atoms with Crippen LogP contribution in [0, 0.1) is 5.92 Å². The molecule has 1 unspecified atom stereocenters. The van der Waals surface area contributed by atoms with Crippen LogP contribution >= 0.6 is 11.3 Å². The molecule has 1 amide bonds. The van der Waals surface area contributed by atoms with Crippen LogP contribution in [0.25, 0.3) is 6.08 Å². The molecule has 2 aromatic rings. The van der Waals surface area contributed by atoms with Crippen molar-refractivity contribution in [3.8, 4) is 0 Å². The van der Waals surface area contributed by atoms with Crippen molar-refractivity contribution in [3.05, 3.63) is 58.0 Å². The summed E-state index contributed by atoms with van der Waals surface area (Å²) in [4.78, 5) is 37.8. The minimum Gasteiger partial charge on any atom is -0.462 e. The SMILES string of the molecule is CCOC(=O)c1c(NC(=O)COC(=O)/C=C/c2ccccc2)sc2c1CCC(C)C2. The molecule has 0 spiro atoms. The summed E-state index contributed by atoms with van der Waals surface area (Å²) < 4.78 is 10.2. The first kappa shape index (κ1) is 21.8. The number of rotatable bonds is 7. The van der Waals surface area contributed by atoms with E-state index in [1.165, 1.54) is 17.4 Å². The van der Waals surface area contributed by atoms with Crippen molar-refractivity contribution in [2.75, 3.05) is 18.5 Å². The maximum Gasteiger partial charge on any atom is 0.341 e. The zero-order valence-electron chi connectivity index (χ0n) is 17.1. The Hall–Kier alpha value is -2.93. The van der Waals surface area contributed by atoms with Gasteiger partial charge in [-0.05, 0) is 49.3 Å². The van der Waals surface area contributed by atoms with E-state index in [1.54, 1.807) is 13.0 Å². The maximum absolute atomic E-state index is 12.5. The highest BCUT2D eigenvalue weighted by molar-refractivity contribution is 7.17. The van der Waals surface area contributed by atoms with Gasteiger partial charge >= 0.3 is 11.9 Å². The van der Waals surface area contributed by atoms with Crippen molar-refractivity contribution in [3.63, 3.8) is 0 Å². The molecule has 6 nitrogen and oxygen atoms in total. The Morgan fingerprint density at radius 2 is 1.97 bits per heavy atom. The third-order valence-electron chi connectivity index (χ3n) is 4.80. The van der Waals surface area contributed by atoms with Crippen LogP contribution in [0.15, 0.2) is 36.4 Å². The van der Waals surface area contributed by atoms with Crippen molar-refractivity contribution in [1.29, 1.82) is 0 Å². The summed E-state index contributed by atoms with van der Waals surface area (Å²) in [6.07, 6.45) is 5.55. The van der Waals surface area contributed by atoms with Gasteiger partial charge in [0, 0.05) is 11.0 Å². The number of anilines is 1. The molecule has 158 valence electrons. The number of amides is 1. The lowest BCUT2D eigenvalue weighted by Crippen LogP contribution is -2.21. The zero-order valence-corrected chi connectivity index (χ0v) is 17.9. The molecule has 1 aromatic carbocycles. The van der Waals surface area contributed by atoms with Crippen LogP contribution in [0.1, 0.15) is 46.6 Å². The second-order valence-corrected chi connectivity index (χ2v) is 8.28. The number of hydrogen-bond acceptors (Lipinski definition) is 6. The van der Waals surface area contributed by atoms with E-state index < -0.39 is 24.5 Å².